The second-order valence-corrected chi connectivity index (χ2v) is 6.14. The van der Waals surface area contributed by atoms with Crippen LogP contribution in [0.25, 0.3) is 0 Å². The van der Waals surface area contributed by atoms with Crippen LogP contribution in [-0.4, -0.2) is 57.3 Å². The highest BCUT2D eigenvalue weighted by molar-refractivity contribution is 5.84. The SMILES string of the molecule is COC(=O)[C@@H]1[C@H](C(=O)OC)[C@H](COC(C)=O)C=C(OC(C)=O)[C@@H]1COC(C)=O. The monoisotopic (exact) mass is 400 g/mol. The van der Waals surface area contributed by atoms with Gasteiger partial charge in [-0.2, -0.15) is 0 Å². The Bertz CT molecular complexity index is 665. The Morgan fingerprint density at radius 3 is 1.75 bits per heavy atom. The van der Waals surface area contributed by atoms with Gasteiger partial charge in [0.25, 0.3) is 0 Å². The van der Waals surface area contributed by atoms with E-state index < -0.39 is 53.5 Å². The quantitative estimate of drug-likeness (QED) is 0.436. The number of methoxy groups -OCH3 is 2. The predicted octanol–water partition coefficient (Wildman–Crippen LogP) is 0.384. The van der Waals surface area contributed by atoms with Crippen molar-refractivity contribution in [1.82, 2.24) is 0 Å². The maximum atomic E-state index is 12.5. The van der Waals surface area contributed by atoms with E-state index in [1.54, 1.807) is 0 Å². The first kappa shape index (κ1) is 23.1. The number of esters is 5. The van der Waals surface area contributed by atoms with Crippen molar-refractivity contribution >= 4 is 29.8 Å². The molecule has 4 atom stereocenters. The lowest BCUT2D eigenvalue weighted by Crippen LogP contribution is -2.47. The molecule has 0 radical (unpaired) electrons. The Hall–Kier alpha value is -2.91. The van der Waals surface area contributed by atoms with Crippen LogP contribution in [0.3, 0.4) is 0 Å². The third-order valence-electron chi connectivity index (χ3n) is 4.18. The van der Waals surface area contributed by atoms with Crippen LogP contribution >= 0.6 is 0 Å². The molecule has 0 aromatic heterocycles. The summed E-state index contributed by atoms with van der Waals surface area (Å²) in [4.78, 5) is 59.0. The lowest BCUT2D eigenvalue weighted by Gasteiger charge is -2.38. The van der Waals surface area contributed by atoms with Gasteiger partial charge in [0.2, 0.25) is 0 Å². The second kappa shape index (κ2) is 10.4. The summed E-state index contributed by atoms with van der Waals surface area (Å²) >= 11 is 0. The van der Waals surface area contributed by atoms with Crippen LogP contribution in [0.5, 0.6) is 0 Å². The van der Waals surface area contributed by atoms with E-state index in [-0.39, 0.29) is 19.0 Å². The van der Waals surface area contributed by atoms with E-state index in [4.69, 9.17) is 23.7 Å². The predicted molar refractivity (Wildman–Crippen MR) is 91.1 cm³/mol. The zero-order valence-corrected chi connectivity index (χ0v) is 16.4. The van der Waals surface area contributed by atoms with E-state index in [0.717, 1.165) is 21.1 Å². The van der Waals surface area contributed by atoms with Gasteiger partial charge < -0.3 is 23.7 Å². The summed E-state index contributed by atoms with van der Waals surface area (Å²) < 4.78 is 24.8. The van der Waals surface area contributed by atoms with Crippen molar-refractivity contribution in [1.29, 1.82) is 0 Å². The lowest BCUT2D eigenvalue weighted by molar-refractivity contribution is -0.168. The van der Waals surface area contributed by atoms with Crippen molar-refractivity contribution in [3.63, 3.8) is 0 Å². The highest BCUT2D eigenvalue weighted by atomic mass is 16.6. The molecular formula is C18H24O10. The molecule has 0 N–H and O–H groups in total. The molecule has 0 saturated heterocycles. The zero-order chi connectivity index (χ0) is 21.4. The Labute approximate surface area is 162 Å². The number of rotatable bonds is 7. The van der Waals surface area contributed by atoms with Crippen LogP contribution < -0.4 is 0 Å². The first-order chi connectivity index (χ1) is 13.1. The zero-order valence-electron chi connectivity index (χ0n) is 16.4. The van der Waals surface area contributed by atoms with Crippen LogP contribution in [-0.2, 0) is 47.7 Å². The summed E-state index contributed by atoms with van der Waals surface area (Å²) in [6.45, 7) is 2.93. The molecule has 0 bridgehead atoms. The van der Waals surface area contributed by atoms with Gasteiger partial charge in [0.05, 0.1) is 38.6 Å². The first-order valence-electron chi connectivity index (χ1n) is 8.44. The van der Waals surface area contributed by atoms with E-state index in [1.165, 1.54) is 19.9 Å². The fraction of sp³-hybridized carbons (Fsp3) is 0.611. The van der Waals surface area contributed by atoms with Gasteiger partial charge in [-0.25, -0.2) is 0 Å². The molecule has 0 fully saturated rings. The molecular weight excluding hydrogens is 376 g/mol. The smallest absolute Gasteiger partial charge is 0.310 e. The minimum atomic E-state index is -1.20. The molecule has 0 spiro atoms. The summed E-state index contributed by atoms with van der Waals surface area (Å²) in [5.74, 6) is -7.54. The minimum absolute atomic E-state index is 0.0152. The highest BCUT2D eigenvalue weighted by Gasteiger charge is 2.51. The highest BCUT2D eigenvalue weighted by Crippen LogP contribution is 2.41. The lowest BCUT2D eigenvalue weighted by atomic mass is 9.69. The van der Waals surface area contributed by atoms with Gasteiger partial charge in [-0.3, -0.25) is 24.0 Å². The van der Waals surface area contributed by atoms with Crippen LogP contribution in [0.4, 0.5) is 0 Å². The Kier molecular flexibility index (Phi) is 8.62. The van der Waals surface area contributed by atoms with Crippen molar-refractivity contribution in [2.75, 3.05) is 27.4 Å². The number of carbonyl (C=O) groups is 5. The number of ether oxygens (including phenoxy) is 5. The molecule has 0 amide bonds. The van der Waals surface area contributed by atoms with E-state index in [2.05, 4.69) is 0 Å². The molecule has 1 aliphatic rings. The van der Waals surface area contributed by atoms with E-state index >= 15 is 0 Å². The normalized spacial score (nSPS) is 23.7. The van der Waals surface area contributed by atoms with Crippen molar-refractivity contribution < 1.29 is 47.7 Å². The van der Waals surface area contributed by atoms with Gasteiger partial charge in [0.15, 0.2) is 0 Å². The van der Waals surface area contributed by atoms with Gasteiger partial charge in [0.1, 0.15) is 12.4 Å². The van der Waals surface area contributed by atoms with Crippen molar-refractivity contribution in [2.45, 2.75) is 20.8 Å². The van der Waals surface area contributed by atoms with E-state index in [1.807, 2.05) is 0 Å². The fourth-order valence-electron chi connectivity index (χ4n) is 3.07. The maximum absolute atomic E-state index is 12.5. The molecule has 0 aromatic carbocycles. The molecule has 28 heavy (non-hydrogen) atoms. The average molecular weight is 400 g/mol. The van der Waals surface area contributed by atoms with Crippen molar-refractivity contribution in [2.24, 2.45) is 23.7 Å². The topological polar surface area (TPSA) is 132 Å². The second-order valence-electron chi connectivity index (χ2n) is 6.14. The molecule has 1 rings (SSSR count). The van der Waals surface area contributed by atoms with Gasteiger partial charge in [-0.15, -0.1) is 0 Å². The van der Waals surface area contributed by atoms with Gasteiger partial charge in [0, 0.05) is 26.7 Å². The summed E-state index contributed by atoms with van der Waals surface area (Å²) in [6.07, 6.45) is 1.40. The molecule has 0 heterocycles. The molecule has 0 saturated carbocycles. The number of hydrogen-bond donors (Lipinski definition) is 0. The van der Waals surface area contributed by atoms with Gasteiger partial charge >= 0.3 is 29.8 Å². The first-order valence-corrected chi connectivity index (χ1v) is 8.44. The molecule has 0 aromatic rings. The average Bonchev–Trinajstić information content (AvgIpc) is 2.62. The number of hydrogen-bond acceptors (Lipinski definition) is 10. The summed E-state index contributed by atoms with van der Waals surface area (Å²) in [7, 11) is 2.27. The van der Waals surface area contributed by atoms with Crippen LogP contribution in [0.15, 0.2) is 11.8 Å². The van der Waals surface area contributed by atoms with Crippen LogP contribution in [0.2, 0.25) is 0 Å². The third-order valence-corrected chi connectivity index (χ3v) is 4.18. The van der Waals surface area contributed by atoms with Crippen molar-refractivity contribution in [3.8, 4) is 0 Å². The largest absolute Gasteiger partial charge is 0.469 e. The Balaban J connectivity index is 3.48. The van der Waals surface area contributed by atoms with Gasteiger partial charge in [-0.05, 0) is 6.08 Å². The molecule has 0 aliphatic heterocycles. The fourth-order valence-corrected chi connectivity index (χ4v) is 3.07. The summed E-state index contributed by atoms with van der Waals surface area (Å²) in [5.41, 5.74) is 0. The van der Waals surface area contributed by atoms with Gasteiger partial charge in [-0.1, -0.05) is 0 Å². The third kappa shape index (κ3) is 6.07. The van der Waals surface area contributed by atoms with Crippen LogP contribution in [0, 0.1) is 23.7 Å². The maximum Gasteiger partial charge on any atom is 0.310 e. The van der Waals surface area contributed by atoms with E-state index in [0.29, 0.717) is 0 Å². The number of carbonyl (C=O) groups excluding carboxylic acids is 5. The Morgan fingerprint density at radius 2 is 1.29 bits per heavy atom. The van der Waals surface area contributed by atoms with Crippen LogP contribution in [0.1, 0.15) is 20.8 Å². The summed E-state index contributed by atoms with van der Waals surface area (Å²) in [6, 6.07) is 0. The summed E-state index contributed by atoms with van der Waals surface area (Å²) in [5, 5.41) is 0. The minimum Gasteiger partial charge on any atom is -0.469 e. The standard InChI is InChI=1S/C18H24O10/c1-9(19)26-7-12-6-14(28-11(3)21)13(8-27-10(2)20)16(18(23)25-5)15(12)17(22)24-4/h6,12-13,15-16H,7-8H2,1-5H3/t12-,13-,15+,16-/m0/s1. The molecule has 1 aliphatic carbocycles. The molecule has 10 nitrogen and oxygen atoms in total. The Morgan fingerprint density at radius 1 is 0.786 bits per heavy atom. The molecule has 156 valence electrons. The van der Waals surface area contributed by atoms with E-state index in [9.17, 15) is 24.0 Å². The molecule has 10 heteroatoms. The van der Waals surface area contributed by atoms with Crippen molar-refractivity contribution in [3.05, 3.63) is 11.8 Å². The molecule has 0 unspecified atom stereocenters.